The number of hydrogen-bond donors (Lipinski definition) is 3. The van der Waals surface area contributed by atoms with Crippen molar-refractivity contribution in [3.05, 3.63) is 0 Å². The fraction of sp³-hybridized carbons (Fsp3) is 0.976. The largest absolute Gasteiger partial charge is 0.466 e. The van der Waals surface area contributed by atoms with E-state index in [1.165, 1.54) is 417 Å². The van der Waals surface area contributed by atoms with E-state index in [0.717, 1.165) is 38.5 Å². The van der Waals surface area contributed by atoms with Crippen molar-refractivity contribution in [2.45, 2.75) is 501 Å². The molecule has 0 saturated carbocycles. The molecule has 0 aliphatic carbocycles. The lowest BCUT2D eigenvalue weighted by molar-refractivity contribution is -0.143. The van der Waals surface area contributed by atoms with Gasteiger partial charge in [0.05, 0.1) is 25.4 Å². The number of carbonyl (C=O) groups excluding carboxylic acids is 2. The fourth-order valence-corrected chi connectivity index (χ4v) is 13.6. The maximum atomic E-state index is 12.6. The highest BCUT2D eigenvalue weighted by molar-refractivity contribution is 5.76. The molecule has 0 fully saturated rings. The third-order valence-electron chi connectivity index (χ3n) is 19.9. The lowest BCUT2D eigenvalue weighted by Crippen LogP contribution is -2.45. The van der Waals surface area contributed by atoms with Gasteiger partial charge in [-0.25, -0.2) is 0 Å². The number of unbranched alkanes of at least 4 members (excludes halogenated alkanes) is 68. The van der Waals surface area contributed by atoms with Crippen LogP contribution in [0.1, 0.15) is 489 Å². The SMILES string of the molecule is CCCCCCCCCCCCCCCCCCCCCCCC(O)C(CO)NC(=O)CCCCCCCCCCCCCCCCCCCCCCCCCCCCCCCCCCCCCOC(=O)CCCCCCCCCCCCCCCCC. The van der Waals surface area contributed by atoms with Gasteiger partial charge in [0, 0.05) is 12.8 Å². The number of ether oxygens (including phenoxy) is 1. The molecular formula is C82H163NO5. The van der Waals surface area contributed by atoms with Crippen molar-refractivity contribution in [2.24, 2.45) is 0 Å². The smallest absolute Gasteiger partial charge is 0.305 e. The van der Waals surface area contributed by atoms with Crippen molar-refractivity contribution >= 4 is 11.9 Å². The molecule has 2 atom stereocenters. The molecule has 526 valence electrons. The van der Waals surface area contributed by atoms with Gasteiger partial charge in [0.2, 0.25) is 5.91 Å². The summed E-state index contributed by atoms with van der Waals surface area (Å²) in [4.78, 5) is 24.7. The Kier molecular flexibility index (Phi) is 77.3. The Hall–Kier alpha value is -1.14. The molecule has 0 saturated heterocycles. The molecule has 0 aromatic carbocycles. The zero-order valence-corrected chi connectivity index (χ0v) is 60.5. The second-order valence-corrected chi connectivity index (χ2v) is 28.8. The first kappa shape index (κ1) is 86.9. The molecule has 0 bridgehead atoms. The van der Waals surface area contributed by atoms with E-state index in [2.05, 4.69) is 19.2 Å². The van der Waals surface area contributed by atoms with Crippen molar-refractivity contribution in [3.8, 4) is 0 Å². The van der Waals surface area contributed by atoms with Crippen LogP contribution in [0.3, 0.4) is 0 Å². The van der Waals surface area contributed by atoms with E-state index in [4.69, 9.17) is 4.74 Å². The summed E-state index contributed by atoms with van der Waals surface area (Å²) >= 11 is 0. The van der Waals surface area contributed by atoms with E-state index in [9.17, 15) is 19.8 Å². The van der Waals surface area contributed by atoms with Crippen LogP contribution in [0.25, 0.3) is 0 Å². The van der Waals surface area contributed by atoms with Crippen molar-refractivity contribution in [1.29, 1.82) is 0 Å². The first-order valence-corrected chi connectivity index (χ1v) is 41.3. The normalized spacial score (nSPS) is 12.4. The summed E-state index contributed by atoms with van der Waals surface area (Å²) in [5.74, 6) is 0.00367. The van der Waals surface area contributed by atoms with Gasteiger partial charge in [0.15, 0.2) is 0 Å². The summed E-state index contributed by atoms with van der Waals surface area (Å²) in [6.07, 6.45) is 97.9. The highest BCUT2D eigenvalue weighted by Gasteiger charge is 2.20. The van der Waals surface area contributed by atoms with Crippen LogP contribution in [-0.4, -0.2) is 47.4 Å². The molecule has 0 spiro atoms. The molecule has 2 unspecified atom stereocenters. The Morgan fingerprint density at radius 2 is 0.466 bits per heavy atom. The van der Waals surface area contributed by atoms with Gasteiger partial charge < -0.3 is 20.3 Å². The number of rotatable bonds is 79. The number of aliphatic hydroxyl groups is 2. The first-order valence-electron chi connectivity index (χ1n) is 41.3. The molecule has 88 heavy (non-hydrogen) atoms. The van der Waals surface area contributed by atoms with Gasteiger partial charge in [-0.15, -0.1) is 0 Å². The number of carbonyl (C=O) groups is 2. The van der Waals surface area contributed by atoms with Crippen LogP contribution in [-0.2, 0) is 14.3 Å². The van der Waals surface area contributed by atoms with Crippen LogP contribution in [0.4, 0.5) is 0 Å². The molecule has 0 aliphatic rings. The van der Waals surface area contributed by atoms with Crippen LogP contribution in [0.15, 0.2) is 0 Å². The Labute approximate surface area is 553 Å². The van der Waals surface area contributed by atoms with Crippen molar-refractivity contribution in [2.75, 3.05) is 13.2 Å². The molecule has 0 rings (SSSR count). The lowest BCUT2D eigenvalue weighted by atomic mass is 10.0. The maximum absolute atomic E-state index is 12.6. The van der Waals surface area contributed by atoms with Gasteiger partial charge in [-0.2, -0.15) is 0 Å². The number of hydrogen-bond acceptors (Lipinski definition) is 5. The van der Waals surface area contributed by atoms with E-state index in [1.54, 1.807) is 0 Å². The summed E-state index contributed by atoms with van der Waals surface area (Å²) in [7, 11) is 0. The van der Waals surface area contributed by atoms with Gasteiger partial charge in [-0.1, -0.05) is 450 Å². The average molecular weight is 1240 g/mol. The molecule has 1 amide bonds. The summed E-state index contributed by atoms with van der Waals surface area (Å²) < 4.78 is 5.51. The van der Waals surface area contributed by atoms with Crippen LogP contribution in [0.2, 0.25) is 0 Å². The molecular weight excluding hydrogens is 1080 g/mol. The maximum Gasteiger partial charge on any atom is 0.305 e. The van der Waals surface area contributed by atoms with Gasteiger partial charge in [-0.3, -0.25) is 9.59 Å². The molecule has 0 heterocycles. The van der Waals surface area contributed by atoms with Crippen LogP contribution in [0, 0.1) is 0 Å². The third kappa shape index (κ3) is 73.9. The molecule has 0 aliphatic heterocycles. The van der Waals surface area contributed by atoms with Gasteiger partial charge in [0.1, 0.15) is 0 Å². The zero-order chi connectivity index (χ0) is 63.5. The molecule has 3 N–H and O–H groups in total. The number of nitrogens with one attached hydrogen (secondary N) is 1. The zero-order valence-electron chi connectivity index (χ0n) is 60.5. The standard InChI is InChI=1S/C82H163NO5/c1-3-5-7-9-11-13-15-17-19-20-21-37-40-43-47-50-54-58-62-66-70-74-80(85)79(78-84)83-81(86)75-71-67-63-59-55-51-48-44-41-38-35-33-31-29-27-25-23-22-24-26-28-30-32-34-36-39-42-45-49-53-57-61-65-69-73-77-88-82(87)76-72-68-64-60-56-52-46-18-16-14-12-10-8-6-4-2/h79-80,84-85H,3-78H2,1-2H3,(H,83,86). The van der Waals surface area contributed by atoms with Crippen LogP contribution < -0.4 is 5.32 Å². The van der Waals surface area contributed by atoms with Crippen molar-refractivity contribution in [1.82, 2.24) is 5.32 Å². The summed E-state index contributed by atoms with van der Waals surface area (Å²) in [5, 5.41) is 23.5. The second-order valence-electron chi connectivity index (χ2n) is 28.8. The quantitative estimate of drug-likeness (QED) is 0.0417. The topological polar surface area (TPSA) is 95.9 Å². The first-order chi connectivity index (χ1) is 43.5. The molecule has 0 aromatic rings. The number of esters is 1. The van der Waals surface area contributed by atoms with Crippen molar-refractivity contribution < 1.29 is 24.5 Å². The fourth-order valence-electron chi connectivity index (χ4n) is 13.6. The average Bonchev–Trinajstić information content (AvgIpc) is 3.57. The Morgan fingerprint density at radius 3 is 0.693 bits per heavy atom. The van der Waals surface area contributed by atoms with Gasteiger partial charge >= 0.3 is 5.97 Å². The molecule has 0 radical (unpaired) electrons. The van der Waals surface area contributed by atoms with Gasteiger partial charge in [0.25, 0.3) is 0 Å². The van der Waals surface area contributed by atoms with E-state index in [1.807, 2.05) is 0 Å². The molecule has 6 heteroatoms. The number of amides is 1. The van der Waals surface area contributed by atoms with E-state index in [0.29, 0.717) is 25.9 Å². The molecule has 0 aromatic heterocycles. The minimum absolute atomic E-state index is 0.0234. The highest BCUT2D eigenvalue weighted by Crippen LogP contribution is 2.21. The second kappa shape index (κ2) is 78.3. The monoisotopic (exact) mass is 1240 g/mol. The predicted octanol–water partition coefficient (Wildman–Crippen LogP) is 27.3. The highest BCUT2D eigenvalue weighted by atomic mass is 16.5. The Bertz CT molecular complexity index is 1290. The van der Waals surface area contributed by atoms with E-state index < -0.39 is 12.1 Å². The van der Waals surface area contributed by atoms with Crippen LogP contribution >= 0.6 is 0 Å². The third-order valence-corrected chi connectivity index (χ3v) is 19.9. The summed E-state index contributed by atoms with van der Waals surface area (Å²) in [5.41, 5.74) is 0. The van der Waals surface area contributed by atoms with E-state index >= 15 is 0 Å². The minimum atomic E-state index is -0.661. The van der Waals surface area contributed by atoms with Crippen molar-refractivity contribution in [3.63, 3.8) is 0 Å². The predicted molar refractivity (Wildman–Crippen MR) is 389 cm³/mol. The lowest BCUT2D eigenvalue weighted by Gasteiger charge is -2.22. The van der Waals surface area contributed by atoms with E-state index in [-0.39, 0.29) is 18.5 Å². The Morgan fingerprint density at radius 1 is 0.273 bits per heavy atom. The Balaban J connectivity index is 3.30. The summed E-state index contributed by atoms with van der Waals surface area (Å²) in [6, 6.07) is -0.537. The minimum Gasteiger partial charge on any atom is -0.466 e. The van der Waals surface area contributed by atoms with Crippen LogP contribution in [0.5, 0.6) is 0 Å². The van der Waals surface area contributed by atoms with Gasteiger partial charge in [-0.05, 0) is 25.7 Å². The molecule has 6 nitrogen and oxygen atoms in total. The number of aliphatic hydroxyl groups excluding tert-OH is 2. The summed E-state index contributed by atoms with van der Waals surface area (Å²) in [6.45, 7) is 5.02.